The molecule has 0 bridgehead atoms. The Morgan fingerprint density at radius 2 is 2.16 bits per heavy atom. The van der Waals surface area contributed by atoms with Crippen molar-refractivity contribution in [2.75, 3.05) is 11.9 Å². The van der Waals surface area contributed by atoms with E-state index in [1.54, 1.807) is 6.07 Å². The zero-order valence-electron chi connectivity index (χ0n) is 10.9. The second kappa shape index (κ2) is 8.69. The molecule has 0 aromatic heterocycles. The van der Waals surface area contributed by atoms with E-state index in [2.05, 4.69) is 44.1 Å². The number of amides is 1. The van der Waals surface area contributed by atoms with Gasteiger partial charge in [0.05, 0.1) is 5.56 Å². The molecule has 0 fully saturated rings. The molecule has 19 heavy (non-hydrogen) atoms. The van der Waals surface area contributed by atoms with Gasteiger partial charge in [-0.25, -0.2) is 4.39 Å². The van der Waals surface area contributed by atoms with Crippen molar-refractivity contribution >= 4 is 37.8 Å². The Bertz CT molecular complexity index is 420. The summed E-state index contributed by atoms with van der Waals surface area (Å²) in [4.78, 5) is 11.9. The van der Waals surface area contributed by atoms with Crippen LogP contribution >= 0.6 is 31.9 Å². The number of nitrogens with one attached hydrogen (secondary N) is 1. The molecule has 0 heterocycles. The van der Waals surface area contributed by atoms with Crippen molar-refractivity contribution in [1.82, 2.24) is 5.32 Å². The maximum Gasteiger partial charge on any atom is 0.254 e. The van der Waals surface area contributed by atoms with Gasteiger partial charge in [0.1, 0.15) is 5.82 Å². The van der Waals surface area contributed by atoms with E-state index in [9.17, 15) is 9.18 Å². The van der Waals surface area contributed by atoms with Crippen LogP contribution in [0.25, 0.3) is 0 Å². The van der Waals surface area contributed by atoms with E-state index in [1.807, 2.05) is 0 Å². The largest absolute Gasteiger partial charge is 0.352 e. The molecule has 0 radical (unpaired) electrons. The van der Waals surface area contributed by atoms with Crippen LogP contribution in [0.2, 0.25) is 0 Å². The molecule has 106 valence electrons. The fourth-order valence-corrected chi connectivity index (χ4v) is 2.90. The molecule has 5 heteroatoms. The lowest BCUT2D eigenvalue weighted by Gasteiger charge is -2.15. The van der Waals surface area contributed by atoms with Gasteiger partial charge in [-0.15, -0.1) is 0 Å². The number of halogens is 3. The zero-order chi connectivity index (χ0) is 14.3. The van der Waals surface area contributed by atoms with Gasteiger partial charge in [-0.05, 0) is 37.0 Å². The average Bonchev–Trinajstić information content (AvgIpc) is 2.36. The van der Waals surface area contributed by atoms with Gasteiger partial charge in [0.15, 0.2) is 0 Å². The Kier molecular flexibility index (Phi) is 7.61. The predicted molar refractivity (Wildman–Crippen MR) is 83.2 cm³/mol. The van der Waals surface area contributed by atoms with Crippen LogP contribution in [-0.4, -0.2) is 17.8 Å². The van der Waals surface area contributed by atoms with Gasteiger partial charge in [-0.2, -0.15) is 0 Å². The fourth-order valence-electron chi connectivity index (χ4n) is 1.92. The third-order valence-electron chi connectivity index (χ3n) is 2.94. The Labute approximate surface area is 130 Å². The minimum absolute atomic E-state index is 0.0947. The van der Waals surface area contributed by atoms with E-state index in [1.165, 1.54) is 12.1 Å². The van der Waals surface area contributed by atoms with Crippen molar-refractivity contribution in [2.45, 2.75) is 26.2 Å². The average molecular weight is 395 g/mol. The highest BCUT2D eigenvalue weighted by molar-refractivity contribution is 9.10. The first-order valence-corrected chi connectivity index (χ1v) is 8.29. The van der Waals surface area contributed by atoms with Crippen molar-refractivity contribution in [3.63, 3.8) is 0 Å². The summed E-state index contributed by atoms with van der Waals surface area (Å²) in [6, 6.07) is 4.46. The van der Waals surface area contributed by atoms with Crippen molar-refractivity contribution in [3.05, 3.63) is 34.1 Å². The molecule has 0 aliphatic heterocycles. The van der Waals surface area contributed by atoms with Gasteiger partial charge in [-0.3, -0.25) is 4.79 Å². The molecule has 0 saturated heterocycles. The van der Waals surface area contributed by atoms with E-state index in [0.29, 0.717) is 16.9 Å². The van der Waals surface area contributed by atoms with Crippen LogP contribution < -0.4 is 5.32 Å². The van der Waals surface area contributed by atoms with Crippen molar-refractivity contribution in [2.24, 2.45) is 5.92 Å². The minimum Gasteiger partial charge on any atom is -0.352 e. The van der Waals surface area contributed by atoms with Gasteiger partial charge in [-0.1, -0.05) is 45.2 Å². The molecule has 0 spiro atoms. The number of carbonyl (C=O) groups excluding carboxylic acids is 1. The zero-order valence-corrected chi connectivity index (χ0v) is 14.1. The molecule has 1 amide bonds. The third kappa shape index (κ3) is 5.61. The van der Waals surface area contributed by atoms with E-state index < -0.39 is 5.82 Å². The molecular weight excluding hydrogens is 377 g/mol. The van der Waals surface area contributed by atoms with E-state index in [-0.39, 0.29) is 11.5 Å². The Morgan fingerprint density at radius 3 is 2.74 bits per heavy atom. The van der Waals surface area contributed by atoms with E-state index in [4.69, 9.17) is 0 Å². The van der Waals surface area contributed by atoms with Gasteiger partial charge in [0, 0.05) is 16.3 Å². The summed E-state index contributed by atoms with van der Waals surface area (Å²) in [5.41, 5.74) is 0.0947. The molecule has 1 aromatic carbocycles. The Balaban J connectivity index is 2.58. The summed E-state index contributed by atoms with van der Waals surface area (Å²) in [7, 11) is 0. The van der Waals surface area contributed by atoms with Crippen LogP contribution in [0.3, 0.4) is 0 Å². The van der Waals surface area contributed by atoms with Crippen LogP contribution in [0.5, 0.6) is 0 Å². The summed E-state index contributed by atoms with van der Waals surface area (Å²) in [5.74, 6) is -0.410. The number of hydrogen-bond acceptors (Lipinski definition) is 1. The second-order valence-electron chi connectivity index (χ2n) is 4.47. The summed E-state index contributed by atoms with van der Waals surface area (Å²) >= 11 is 6.59. The lowest BCUT2D eigenvalue weighted by Crippen LogP contribution is -2.30. The lowest BCUT2D eigenvalue weighted by molar-refractivity contribution is 0.0942. The van der Waals surface area contributed by atoms with Crippen LogP contribution in [0.15, 0.2) is 22.7 Å². The van der Waals surface area contributed by atoms with Gasteiger partial charge in [0.25, 0.3) is 5.91 Å². The topological polar surface area (TPSA) is 29.1 Å². The fraction of sp³-hybridized carbons (Fsp3) is 0.500. The van der Waals surface area contributed by atoms with Crippen LogP contribution in [-0.2, 0) is 0 Å². The Morgan fingerprint density at radius 1 is 1.42 bits per heavy atom. The van der Waals surface area contributed by atoms with E-state index in [0.717, 1.165) is 24.6 Å². The maximum absolute atomic E-state index is 13.6. The number of hydrogen-bond donors (Lipinski definition) is 1. The van der Waals surface area contributed by atoms with Gasteiger partial charge >= 0.3 is 0 Å². The molecule has 1 atom stereocenters. The van der Waals surface area contributed by atoms with Crippen LogP contribution in [0.1, 0.15) is 36.5 Å². The molecule has 1 rings (SSSR count). The normalized spacial score (nSPS) is 12.2. The minimum atomic E-state index is -0.501. The molecule has 0 aliphatic rings. The molecular formula is C14H18Br2FNO. The number of carbonyl (C=O) groups is 1. The molecule has 0 saturated carbocycles. The summed E-state index contributed by atoms with van der Waals surface area (Å²) < 4.78 is 14.3. The first kappa shape index (κ1) is 16.6. The molecule has 1 N–H and O–H groups in total. The molecule has 0 aliphatic carbocycles. The van der Waals surface area contributed by atoms with Crippen molar-refractivity contribution in [3.8, 4) is 0 Å². The smallest absolute Gasteiger partial charge is 0.254 e. The summed E-state index contributed by atoms with van der Waals surface area (Å²) in [5, 5.41) is 3.73. The maximum atomic E-state index is 13.6. The monoisotopic (exact) mass is 393 g/mol. The number of rotatable bonds is 7. The van der Waals surface area contributed by atoms with Crippen LogP contribution in [0.4, 0.5) is 4.39 Å². The van der Waals surface area contributed by atoms with Gasteiger partial charge < -0.3 is 5.32 Å². The Hall–Kier alpha value is -0.420. The third-order valence-corrected chi connectivity index (χ3v) is 3.89. The highest BCUT2D eigenvalue weighted by atomic mass is 79.9. The number of alkyl halides is 1. The summed E-state index contributed by atoms with van der Waals surface area (Å²) in [6.07, 6.45) is 3.16. The van der Waals surface area contributed by atoms with Crippen LogP contribution in [0, 0.1) is 11.7 Å². The second-order valence-corrected chi connectivity index (χ2v) is 6.18. The first-order valence-electron chi connectivity index (χ1n) is 6.37. The van der Waals surface area contributed by atoms with Crippen molar-refractivity contribution < 1.29 is 9.18 Å². The highest BCUT2D eigenvalue weighted by Gasteiger charge is 2.14. The number of benzene rings is 1. The molecule has 1 aromatic rings. The van der Waals surface area contributed by atoms with Gasteiger partial charge in [0.2, 0.25) is 0 Å². The quantitative estimate of drug-likeness (QED) is 0.676. The SMILES string of the molecule is CCCC(CCBr)CNC(=O)c1ccc(Br)cc1F. The molecule has 2 nitrogen and oxygen atoms in total. The summed E-state index contributed by atoms with van der Waals surface area (Å²) in [6.45, 7) is 2.71. The van der Waals surface area contributed by atoms with Crippen molar-refractivity contribution in [1.29, 1.82) is 0 Å². The standard InChI is InChI=1S/C14H18Br2FNO/c1-2-3-10(6-7-15)9-18-14(19)12-5-4-11(16)8-13(12)17/h4-5,8,10H,2-3,6-7,9H2,1H3,(H,18,19). The highest BCUT2D eigenvalue weighted by Crippen LogP contribution is 2.16. The van der Waals surface area contributed by atoms with E-state index >= 15 is 0 Å². The molecule has 1 unspecified atom stereocenters. The lowest BCUT2D eigenvalue weighted by atomic mass is 10.0. The predicted octanol–water partition coefficient (Wildman–Crippen LogP) is 4.52. The first-order chi connectivity index (χ1) is 9.08.